The molecule has 0 aliphatic carbocycles. The van der Waals surface area contributed by atoms with Gasteiger partial charge in [-0.15, -0.1) is 11.3 Å². The van der Waals surface area contributed by atoms with Crippen molar-refractivity contribution in [2.24, 2.45) is 0 Å². The number of methoxy groups -OCH3 is 1. The highest BCUT2D eigenvalue weighted by molar-refractivity contribution is 7.20. The van der Waals surface area contributed by atoms with Crippen LogP contribution in [0.25, 0.3) is 10.2 Å². The zero-order valence-electron chi connectivity index (χ0n) is 16.6. The van der Waals surface area contributed by atoms with Gasteiger partial charge in [-0.3, -0.25) is 9.59 Å². The summed E-state index contributed by atoms with van der Waals surface area (Å²) < 4.78 is 44.1. The van der Waals surface area contributed by atoms with Crippen LogP contribution in [0.5, 0.6) is 0 Å². The fraction of sp³-hybridized carbons (Fsp3) is 0.368. The van der Waals surface area contributed by atoms with Gasteiger partial charge < -0.3 is 14.3 Å². The van der Waals surface area contributed by atoms with E-state index < -0.39 is 30.0 Å². The molecular weight excluding hydrogens is 423 g/mol. The summed E-state index contributed by atoms with van der Waals surface area (Å²) in [4.78, 5) is 44.3. The van der Waals surface area contributed by atoms with Crippen LogP contribution >= 0.6 is 11.3 Å². The summed E-state index contributed by atoms with van der Waals surface area (Å²) in [6, 6.07) is 1.39. The number of hydrogen-bond donors (Lipinski definition) is 1. The SMILES string of the molecule is COC(=O)c1sc2nc(CC(=O)c3cc(C)n(CC(F)(F)F)c3C)[nH]c(=O)c2c1C. The van der Waals surface area contributed by atoms with E-state index in [1.165, 1.54) is 27.0 Å². The summed E-state index contributed by atoms with van der Waals surface area (Å²) in [5, 5.41) is 0.236. The van der Waals surface area contributed by atoms with Gasteiger partial charge in [0.15, 0.2) is 5.78 Å². The van der Waals surface area contributed by atoms with Crippen molar-refractivity contribution in [1.29, 1.82) is 0 Å². The molecule has 0 atom stereocenters. The first kappa shape index (κ1) is 21.8. The summed E-state index contributed by atoms with van der Waals surface area (Å²) in [6.45, 7) is 3.34. The van der Waals surface area contributed by atoms with Gasteiger partial charge in [0.1, 0.15) is 22.1 Å². The number of rotatable bonds is 5. The number of esters is 1. The molecule has 0 aromatic carbocycles. The van der Waals surface area contributed by atoms with E-state index in [4.69, 9.17) is 4.74 Å². The van der Waals surface area contributed by atoms with E-state index in [2.05, 4.69) is 9.97 Å². The Morgan fingerprint density at radius 1 is 1.27 bits per heavy atom. The first-order chi connectivity index (χ1) is 13.9. The molecular formula is C19H18F3N3O4S. The van der Waals surface area contributed by atoms with E-state index in [-0.39, 0.29) is 38.6 Å². The summed E-state index contributed by atoms with van der Waals surface area (Å²) in [5.74, 6) is -0.999. The molecule has 0 radical (unpaired) electrons. The zero-order valence-corrected chi connectivity index (χ0v) is 17.4. The Bertz CT molecular complexity index is 1220. The molecule has 0 bridgehead atoms. The lowest BCUT2D eigenvalue weighted by Gasteiger charge is -2.12. The van der Waals surface area contributed by atoms with Crippen LogP contribution in [0.4, 0.5) is 13.2 Å². The van der Waals surface area contributed by atoms with Crippen molar-refractivity contribution < 1.29 is 27.5 Å². The quantitative estimate of drug-likeness (QED) is 0.483. The number of Topliss-reactive ketones (excluding diaryl/α,β-unsaturated/α-hetero) is 1. The van der Waals surface area contributed by atoms with E-state index in [0.717, 1.165) is 15.9 Å². The molecule has 0 saturated heterocycles. The highest BCUT2D eigenvalue weighted by atomic mass is 32.1. The summed E-state index contributed by atoms with van der Waals surface area (Å²) in [5.41, 5.74) is 0.565. The Morgan fingerprint density at radius 3 is 2.53 bits per heavy atom. The Balaban J connectivity index is 1.95. The predicted octanol–water partition coefficient (Wildman–Crippen LogP) is 3.49. The van der Waals surface area contributed by atoms with Crippen LogP contribution in [-0.2, 0) is 17.7 Å². The average Bonchev–Trinajstić information content (AvgIpc) is 3.11. The molecule has 0 saturated carbocycles. The van der Waals surface area contributed by atoms with Crippen LogP contribution in [0.3, 0.4) is 0 Å². The highest BCUT2D eigenvalue weighted by Crippen LogP contribution is 2.28. The topological polar surface area (TPSA) is 94.0 Å². The number of aryl methyl sites for hydroxylation is 2. The second-order valence-electron chi connectivity index (χ2n) is 6.83. The van der Waals surface area contributed by atoms with Gasteiger partial charge >= 0.3 is 12.1 Å². The van der Waals surface area contributed by atoms with E-state index in [0.29, 0.717) is 11.3 Å². The molecule has 3 aromatic heterocycles. The lowest BCUT2D eigenvalue weighted by atomic mass is 10.1. The minimum atomic E-state index is -4.42. The monoisotopic (exact) mass is 441 g/mol. The van der Waals surface area contributed by atoms with Gasteiger partial charge in [0.25, 0.3) is 5.56 Å². The molecule has 3 heterocycles. The van der Waals surface area contributed by atoms with Gasteiger partial charge in [0.05, 0.1) is 18.9 Å². The average molecular weight is 441 g/mol. The maximum atomic E-state index is 12.8. The fourth-order valence-corrected chi connectivity index (χ4v) is 4.43. The lowest BCUT2D eigenvalue weighted by Crippen LogP contribution is -2.20. The van der Waals surface area contributed by atoms with Crippen molar-refractivity contribution >= 4 is 33.3 Å². The minimum absolute atomic E-state index is 0.0655. The van der Waals surface area contributed by atoms with Crippen LogP contribution in [-0.4, -0.2) is 39.6 Å². The highest BCUT2D eigenvalue weighted by Gasteiger charge is 2.30. The largest absolute Gasteiger partial charge is 0.465 e. The molecule has 0 amide bonds. The standard InChI is InChI=1S/C19H18F3N3O4S/c1-8-5-11(10(3)25(8)7-19(20,21)22)12(26)6-13-23-16(27)14-9(2)15(18(28)29-4)30-17(14)24-13/h5H,6-7H2,1-4H3,(H,23,24,27). The number of alkyl halides is 3. The second-order valence-corrected chi connectivity index (χ2v) is 7.83. The Labute approximate surface area is 172 Å². The van der Waals surface area contributed by atoms with Crippen molar-refractivity contribution in [2.75, 3.05) is 7.11 Å². The van der Waals surface area contributed by atoms with Gasteiger partial charge in [-0.25, -0.2) is 9.78 Å². The van der Waals surface area contributed by atoms with Crippen molar-refractivity contribution in [3.63, 3.8) is 0 Å². The third-order valence-corrected chi connectivity index (χ3v) is 5.93. The van der Waals surface area contributed by atoms with Crippen LogP contribution in [0, 0.1) is 20.8 Å². The molecule has 1 N–H and O–H groups in total. The molecule has 30 heavy (non-hydrogen) atoms. The van der Waals surface area contributed by atoms with Crippen LogP contribution in [0.1, 0.15) is 42.8 Å². The summed E-state index contributed by atoms with van der Waals surface area (Å²) >= 11 is 0.978. The van der Waals surface area contributed by atoms with Gasteiger partial charge in [-0.2, -0.15) is 13.2 Å². The number of fused-ring (bicyclic) bond motifs is 1. The maximum Gasteiger partial charge on any atom is 0.406 e. The molecule has 160 valence electrons. The lowest BCUT2D eigenvalue weighted by molar-refractivity contribution is -0.141. The smallest absolute Gasteiger partial charge is 0.406 e. The molecule has 11 heteroatoms. The van der Waals surface area contributed by atoms with E-state index >= 15 is 0 Å². The number of aromatic amines is 1. The van der Waals surface area contributed by atoms with Crippen molar-refractivity contribution in [1.82, 2.24) is 14.5 Å². The van der Waals surface area contributed by atoms with Gasteiger partial charge in [-0.1, -0.05) is 0 Å². The number of carbonyl (C=O) groups excluding carboxylic acids is 2. The number of ether oxygens (including phenoxy) is 1. The molecule has 0 unspecified atom stereocenters. The van der Waals surface area contributed by atoms with Crippen LogP contribution in [0.15, 0.2) is 10.9 Å². The third kappa shape index (κ3) is 4.02. The molecule has 0 fully saturated rings. The van der Waals surface area contributed by atoms with Crippen molar-refractivity contribution in [2.45, 2.75) is 39.9 Å². The molecule has 0 aliphatic rings. The number of hydrogen-bond acceptors (Lipinski definition) is 6. The Kier molecular flexibility index (Phi) is 5.59. The Hall–Kier alpha value is -2.95. The number of nitrogens with zero attached hydrogens (tertiary/aromatic N) is 2. The molecule has 0 spiro atoms. The van der Waals surface area contributed by atoms with Crippen LogP contribution in [0.2, 0.25) is 0 Å². The molecule has 7 nitrogen and oxygen atoms in total. The summed E-state index contributed by atoms with van der Waals surface area (Å²) in [6.07, 6.45) is -4.72. The molecule has 3 rings (SSSR count). The Morgan fingerprint density at radius 2 is 1.93 bits per heavy atom. The van der Waals surface area contributed by atoms with Gasteiger partial charge in [0.2, 0.25) is 0 Å². The fourth-order valence-electron chi connectivity index (χ4n) is 3.31. The predicted molar refractivity (Wildman–Crippen MR) is 104 cm³/mol. The molecule has 3 aromatic rings. The van der Waals surface area contributed by atoms with E-state index in [1.807, 2.05) is 0 Å². The third-order valence-electron chi connectivity index (χ3n) is 4.76. The molecule has 0 aliphatic heterocycles. The van der Waals surface area contributed by atoms with Gasteiger partial charge in [0, 0.05) is 17.0 Å². The first-order valence-corrected chi connectivity index (χ1v) is 9.62. The number of nitrogens with one attached hydrogen (secondary N) is 1. The normalized spacial score (nSPS) is 11.8. The summed E-state index contributed by atoms with van der Waals surface area (Å²) in [7, 11) is 1.23. The maximum absolute atomic E-state index is 12.8. The number of ketones is 1. The number of halogens is 3. The van der Waals surface area contributed by atoms with Crippen molar-refractivity contribution in [3.05, 3.63) is 49.6 Å². The van der Waals surface area contributed by atoms with Crippen molar-refractivity contribution in [3.8, 4) is 0 Å². The minimum Gasteiger partial charge on any atom is -0.465 e. The van der Waals surface area contributed by atoms with Crippen LogP contribution < -0.4 is 5.56 Å². The van der Waals surface area contributed by atoms with E-state index in [1.54, 1.807) is 6.92 Å². The van der Waals surface area contributed by atoms with E-state index in [9.17, 15) is 27.6 Å². The second kappa shape index (κ2) is 7.71. The number of H-pyrrole nitrogens is 1. The number of thiophene rings is 1. The van der Waals surface area contributed by atoms with Gasteiger partial charge in [-0.05, 0) is 32.4 Å². The zero-order chi connectivity index (χ0) is 22.4. The number of aromatic nitrogens is 3. The first-order valence-electron chi connectivity index (χ1n) is 8.80. The number of carbonyl (C=O) groups is 2.